The van der Waals surface area contributed by atoms with Gasteiger partial charge >= 0.3 is 0 Å². The molecule has 9 heavy (non-hydrogen) atoms. The monoisotopic (exact) mass is 132 g/mol. The van der Waals surface area contributed by atoms with Gasteiger partial charge in [-0.05, 0) is 6.92 Å². The van der Waals surface area contributed by atoms with Crippen molar-refractivity contribution < 1.29 is 14.9 Å². The van der Waals surface area contributed by atoms with E-state index in [9.17, 15) is 0 Å². The van der Waals surface area contributed by atoms with Crippen LogP contribution >= 0.6 is 0 Å². The van der Waals surface area contributed by atoms with Crippen molar-refractivity contribution in [2.24, 2.45) is 0 Å². The van der Waals surface area contributed by atoms with Gasteiger partial charge in [0.2, 0.25) is 0 Å². The molecule has 3 heteroatoms. The molecule has 1 heterocycles. The molecule has 0 aromatic rings. The summed E-state index contributed by atoms with van der Waals surface area (Å²) in [5.74, 6) is 0. The number of rotatable bonds is 0. The Balaban J connectivity index is 2.35. The highest BCUT2D eigenvalue weighted by molar-refractivity contribution is 4.74. The van der Waals surface area contributed by atoms with E-state index in [4.69, 9.17) is 14.9 Å². The highest BCUT2D eigenvalue weighted by Crippen LogP contribution is 2.12. The van der Waals surface area contributed by atoms with E-state index in [0.717, 1.165) is 0 Å². The van der Waals surface area contributed by atoms with Crippen LogP contribution in [0.25, 0.3) is 0 Å². The van der Waals surface area contributed by atoms with Crippen molar-refractivity contribution in [3.63, 3.8) is 0 Å². The quantitative estimate of drug-likeness (QED) is 0.468. The normalized spacial score (nSPS) is 45.0. The van der Waals surface area contributed by atoms with Crippen LogP contribution in [-0.4, -0.2) is 35.1 Å². The molecule has 1 fully saturated rings. The maximum absolute atomic E-state index is 9.02. The summed E-state index contributed by atoms with van der Waals surface area (Å²) in [6.45, 7) is 2.15. The van der Waals surface area contributed by atoms with E-state index in [2.05, 4.69) is 0 Å². The van der Waals surface area contributed by atoms with Crippen LogP contribution in [0.15, 0.2) is 0 Å². The Bertz CT molecular complexity index is 94.3. The highest BCUT2D eigenvalue weighted by atomic mass is 16.5. The first kappa shape index (κ1) is 6.99. The van der Waals surface area contributed by atoms with Crippen molar-refractivity contribution in [2.75, 3.05) is 6.61 Å². The van der Waals surface area contributed by atoms with Gasteiger partial charge in [-0.3, -0.25) is 0 Å². The summed E-state index contributed by atoms with van der Waals surface area (Å²) in [6, 6.07) is 0. The summed E-state index contributed by atoms with van der Waals surface area (Å²) in [4.78, 5) is 0. The smallest absolute Gasteiger partial charge is 0.103 e. The molecule has 1 rings (SSSR count). The average Bonchev–Trinajstić information content (AvgIpc) is 1.80. The van der Waals surface area contributed by atoms with Crippen molar-refractivity contribution >= 4 is 0 Å². The molecule has 0 spiro atoms. The molecule has 54 valence electrons. The summed E-state index contributed by atoms with van der Waals surface area (Å²) < 4.78 is 5.05. The van der Waals surface area contributed by atoms with E-state index in [-0.39, 0.29) is 12.7 Å². The van der Waals surface area contributed by atoms with Crippen LogP contribution < -0.4 is 0 Å². The fourth-order valence-corrected chi connectivity index (χ4v) is 0.939. The third kappa shape index (κ3) is 1.64. The lowest BCUT2D eigenvalue weighted by molar-refractivity contribution is -0.115. The van der Waals surface area contributed by atoms with Crippen LogP contribution in [0, 0.1) is 0 Å². The fourth-order valence-electron chi connectivity index (χ4n) is 0.939. The van der Waals surface area contributed by atoms with Gasteiger partial charge < -0.3 is 14.9 Å². The molecule has 0 aromatic carbocycles. The van der Waals surface area contributed by atoms with Crippen LogP contribution in [0.5, 0.6) is 0 Å². The number of hydrogen-bond acceptors (Lipinski definition) is 3. The second-order valence-corrected chi connectivity index (χ2v) is 2.51. The second-order valence-electron chi connectivity index (χ2n) is 2.51. The summed E-state index contributed by atoms with van der Waals surface area (Å²) in [6.07, 6.45) is -0.639. The van der Waals surface area contributed by atoms with Gasteiger partial charge in [-0.25, -0.2) is 0 Å². The van der Waals surface area contributed by atoms with Crippen LogP contribution in [0.3, 0.4) is 0 Å². The average molecular weight is 132 g/mol. The maximum atomic E-state index is 9.02. The number of aliphatic hydroxyl groups is 2. The van der Waals surface area contributed by atoms with Gasteiger partial charge in [0.15, 0.2) is 0 Å². The van der Waals surface area contributed by atoms with E-state index >= 15 is 0 Å². The first-order chi connectivity index (χ1) is 4.20. The minimum Gasteiger partial charge on any atom is -0.390 e. The summed E-state index contributed by atoms with van der Waals surface area (Å²) >= 11 is 0. The molecule has 0 radical (unpaired) electrons. The van der Waals surface area contributed by atoms with Gasteiger partial charge in [0.25, 0.3) is 0 Å². The largest absolute Gasteiger partial charge is 0.390 e. The van der Waals surface area contributed by atoms with E-state index in [0.29, 0.717) is 6.42 Å². The van der Waals surface area contributed by atoms with E-state index in [1.54, 1.807) is 0 Å². The first-order valence-electron chi connectivity index (χ1n) is 3.18. The molecule has 0 amide bonds. The lowest BCUT2D eigenvalue weighted by atomic mass is 10.1. The molecule has 0 aliphatic carbocycles. The van der Waals surface area contributed by atoms with Gasteiger partial charge in [0.1, 0.15) is 6.10 Å². The minimum atomic E-state index is -0.679. The predicted octanol–water partition coefficient (Wildman–Crippen LogP) is -0.483. The Morgan fingerprint density at radius 1 is 1.33 bits per heavy atom. The first-order valence-corrected chi connectivity index (χ1v) is 3.18. The minimum absolute atomic E-state index is 0.0865. The SMILES string of the molecule is C[C@H]1C[C@@H](O)[C@@H](O)CO1. The van der Waals surface area contributed by atoms with Crippen molar-refractivity contribution in [3.8, 4) is 0 Å². The van der Waals surface area contributed by atoms with E-state index < -0.39 is 12.2 Å². The van der Waals surface area contributed by atoms with Crippen molar-refractivity contribution in [2.45, 2.75) is 31.7 Å². The van der Waals surface area contributed by atoms with Crippen LogP contribution in [0.2, 0.25) is 0 Å². The van der Waals surface area contributed by atoms with Gasteiger partial charge in [-0.15, -0.1) is 0 Å². The highest BCUT2D eigenvalue weighted by Gasteiger charge is 2.25. The molecule has 3 atom stereocenters. The third-order valence-corrected chi connectivity index (χ3v) is 1.57. The Labute approximate surface area is 54.3 Å². The maximum Gasteiger partial charge on any atom is 0.103 e. The zero-order valence-corrected chi connectivity index (χ0v) is 5.45. The second kappa shape index (κ2) is 2.64. The van der Waals surface area contributed by atoms with Crippen molar-refractivity contribution in [1.82, 2.24) is 0 Å². The van der Waals surface area contributed by atoms with Crippen molar-refractivity contribution in [1.29, 1.82) is 0 Å². The lowest BCUT2D eigenvalue weighted by Crippen LogP contribution is -2.39. The Morgan fingerprint density at radius 2 is 2.00 bits per heavy atom. The van der Waals surface area contributed by atoms with Gasteiger partial charge in [0, 0.05) is 6.42 Å². The standard InChI is InChI=1S/C6H12O3/c1-4-2-5(7)6(8)3-9-4/h4-8H,2-3H2,1H3/t4-,5+,6-/m0/s1. The molecule has 2 N–H and O–H groups in total. The molecule has 1 aliphatic heterocycles. The van der Waals surface area contributed by atoms with Gasteiger partial charge in [-0.1, -0.05) is 0 Å². The molecule has 0 saturated carbocycles. The molecular formula is C6H12O3. The third-order valence-electron chi connectivity index (χ3n) is 1.57. The van der Waals surface area contributed by atoms with Gasteiger partial charge in [0.05, 0.1) is 18.8 Å². The van der Waals surface area contributed by atoms with E-state index in [1.807, 2.05) is 6.92 Å². The lowest BCUT2D eigenvalue weighted by Gasteiger charge is -2.27. The molecule has 1 aliphatic rings. The van der Waals surface area contributed by atoms with E-state index in [1.165, 1.54) is 0 Å². The molecule has 0 aromatic heterocycles. The van der Waals surface area contributed by atoms with Crippen LogP contribution in [0.1, 0.15) is 13.3 Å². The Hall–Kier alpha value is -0.120. The number of aliphatic hydroxyl groups excluding tert-OH is 2. The molecule has 0 bridgehead atoms. The summed E-state index contributed by atoms with van der Waals surface area (Å²) in [5, 5.41) is 17.9. The van der Waals surface area contributed by atoms with Crippen LogP contribution in [-0.2, 0) is 4.74 Å². The number of hydrogen-bond donors (Lipinski definition) is 2. The topological polar surface area (TPSA) is 49.7 Å². The zero-order valence-electron chi connectivity index (χ0n) is 5.45. The molecular weight excluding hydrogens is 120 g/mol. The number of ether oxygens (including phenoxy) is 1. The van der Waals surface area contributed by atoms with Gasteiger partial charge in [-0.2, -0.15) is 0 Å². The van der Waals surface area contributed by atoms with Crippen LogP contribution in [0.4, 0.5) is 0 Å². The van der Waals surface area contributed by atoms with Crippen molar-refractivity contribution in [3.05, 3.63) is 0 Å². The molecule has 0 unspecified atom stereocenters. The predicted molar refractivity (Wildman–Crippen MR) is 32.0 cm³/mol. The zero-order chi connectivity index (χ0) is 6.85. The fraction of sp³-hybridized carbons (Fsp3) is 1.00. The molecule has 1 saturated heterocycles. The Kier molecular flexibility index (Phi) is 2.05. The Morgan fingerprint density at radius 3 is 2.44 bits per heavy atom. The molecule has 3 nitrogen and oxygen atoms in total. The summed E-state index contributed by atoms with van der Waals surface area (Å²) in [5.41, 5.74) is 0. The summed E-state index contributed by atoms with van der Waals surface area (Å²) in [7, 11) is 0.